The lowest BCUT2D eigenvalue weighted by Gasteiger charge is -2.34. The van der Waals surface area contributed by atoms with Gasteiger partial charge in [-0.05, 0) is 31.7 Å². The third-order valence-corrected chi connectivity index (χ3v) is 5.26. The van der Waals surface area contributed by atoms with Gasteiger partial charge in [-0.1, -0.05) is 30.9 Å². The fraction of sp³-hybridized carbons (Fsp3) is 0.591. The summed E-state index contributed by atoms with van der Waals surface area (Å²) in [4.78, 5) is 6.77. The van der Waals surface area contributed by atoms with Crippen LogP contribution in [0.3, 0.4) is 0 Å². The first-order valence-corrected chi connectivity index (χ1v) is 10.3. The summed E-state index contributed by atoms with van der Waals surface area (Å²) in [5.74, 6) is 1.81. The van der Waals surface area contributed by atoms with Gasteiger partial charge in [0, 0.05) is 38.9 Å². The van der Waals surface area contributed by atoms with Crippen molar-refractivity contribution >= 4 is 5.96 Å². The van der Waals surface area contributed by atoms with E-state index in [1.54, 1.807) is 6.08 Å². The fourth-order valence-electron chi connectivity index (χ4n) is 3.70. The van der Waals surface area contributed by atoms with Crippen LogP contribution < -0.4 is 10.1 Å². The van der Waals surface area contributed by atoms with E-state index in [2.05, 4.69) is 27.9 Å². The Morgan fingerprint density at radius 3 is 2.86 bits per heavy atom. The van der Waals surface area contributed by atoms with Gasteiger partial charge in [0.15, 0.2) is 5.96 Å². The summed E-state index contributed by atoms with van der Waals surface area (Å²) in [6.45, 7) is 8.41. The third kappa shape index (κ3) is 5.97. The van der Waals surface area contributed by atoms with E-state index in [0.717, 1.165) is 69.3 Å². The molecule has 2 aliphatic heterocycles. The summed E-state index contributed by atoms with van der Waals surface area (Å²) < 4.78 is 17.5. The molecular formula is C22H33N3O3. The van der Waals surface area contributed by atoms with Gasteiger partial charge < -0.3 is 24.4 Å². The Hall–Kier alpha value is -2.05. The van der Waals surface area contributed by atoms with Gasteiger partial charge in [-0.25, -0.2) is 0 Å². The molecule has 0 aromatic heterocycles. The number of nitrogens with zero attached hydrogens (tertiary/aromatic N) is 2. The summed E-state index contributed by atoms with van der Waals surface area (Å²) in [6.07, 6.45) is 6.72. The maximum Gasteiger partial charge on any atom is 0.193 e. The normalized spacial score (nSPS) is 21.0. The van der Waals surface area contributed by atoms with Crippen LogP contribution in [0.2, 0.25) is 0 Å². The van der Waals surface area contributed by atoms with Crippen LogP contribution in [0.25, 0.3) is 0 Å². The third-order valence-electron chi connectivity index (χ3n) is 5.26. The van der Waals surface area contributed by atoms with Gasteiger partial charge in [0.05, 0.1) is 18.8 Å². The number of rotatable bonds is 8. The molecule has 28 heavy (non-hydrogen) atoms. The van der Waals surface area contributed by atoms with Crippen LogP contribution in [-0.4, -0.2) is 63.0 Å². The fourth-order valence-corrected chi connectivity index (χ4v) is 3.70. The van der Waals surface area contributed by atoms with Crippen molar-refractivity contribution < 1.29 is 14.2 Å². The number of hydrogen-bond donors (Lipinski definition) is 1. The molecule has 2 aliphatic rings. The molecule has 1 aromatic rings. The highest BCUT2D eigenvalue weighted by Gasteiger charge is 2.24. The number of ether oxygens (including phenoxy) is 3. The summed E-state index contributed by atoms with van der Waals surface area (Å²) in [7, 11) is 1.84. The van der Waals surface area contributed by atoms with Crippen LogP contribution in [0.4, 0.5) is 0 Å². The minimum atomic E-state index is 0.302. The number of guanidine groups is 1. The number of aliphatic imine (C=N–C) groups is 1. The van der Waals surface area contributed by atoms with Crippen molar-refractivity contribution in [3.8, 4) is 5.75 Å². The van der Waals surface area contributed by atoms with Gasteiger partial charge in [-0.2, -0.15) is 0 Å². The Bertz CT molecular complexity index is 636. The number of benzene rings is 1. The molecule has 6 nitrogen and oxygen atoms in total. The van der Waals surface area contributed by atoms with Crippen molar-refractivity contribution in [1.82, 2.24) is 10.2 Å². The zero-order chi connectivity index (χ0) is 19.6. The van der Waals surface area contributed by atoms with E-state index in [1.807, 2.05) is 25.2 Å². The molecule has 0 aliphatic carbocycles. The first-order valence-electron chi connectivity index (χ1n) is 10.3. The Morgan fingerprint density at radius 2 is 2.14 bits per heavy atom. The average Bonchev–Trinajstić information content (AvgIpc) is 3.26. The summed E-state index contributed by atoms with van der Waals surface area (Å²) in [6, 6.07) is 8.07. The molecule has 2 heterocycles. The number of hydrogen-bond acceptors (Lipinski definition) is 4. The molecule has 0 bridgehead atoms. The van der Waals surface area contributed by atoms with Gasteiger partial charge in [0.25, 0.3) is 0 Å². The highest BCUT2D eigenvalue weighted by atomic mass is 16.5. The van der Waals surface area contributed by atoms with Crippen LogP contribution in [-0.2, 0) is 16.0 Å². The molecule has 1 aromatic carbocycles. The van der Waals surface area contributed by atoms with Crippen molar-refractivity contribution in [1.29, 1.82) is 0 Å². The maximum atomic E-state index is 6.07. The monoisotopic (exact) mass is 387 g/mol. The minimum Gasteiger partial charge on any atom is -0.489 e. The largest absolute Gasteiger partial charge is 0.489 e. The lowest BCUT2D eigenvalue weighted by atomic mass is 10.1. The molecule has 3 rings (SSSR count). The van der Waals surface area contributed by atoms with E-state index in [0.29, 0.717) is 25.4 Å². The molecule has 0 amide bonds. The van der Waals surface area contributed by atoms with Crippen LogP contribution in [0.1, 0.15) is 31.2 Å². The quantitative estimate of drug-likeness (QED) is 0.422. The Balaban J connectivity index is 1.44. The van der Waals surface area contributed by atoms with Crippen molar-refractivity contribution in [2.24, 2.45) is 4.99 Å². The van der Waals surface area contributed by atoms with Gasteiger partial charge in [-0.3, -0.25) is 4.99 Å². The number of nitrogens with one attached hydrogen (secondary N) is 1. The zero-order valence-electron chi connectivity index (χ0n) is 16.9. The molecule has 2 fully saturated rings. The molecule has 154 valence electrons. The maximum absolute atomic E-state index is 6.07. The lowest BCUT2D eigenvalue weighted by molar-refractivity contribution is -0.0367. The summed E-state index contributed by atoms with van der Waals surface area (Å²) >= 11 is 0. The second-order valence-corrected chi connectivity index (χ2v) is 7.26. The molecule has 0 saturated carbocycles. The van der Waals surface area contributed by atoms with E-state index < -0.39 is 0 Å². The topological polar surface area (TPSA) is 55.3 Å². The highest BCUT2D eigenvalue weighted by molar-refractivity contribution is 5.80. The van der Waals surface area contributed by atoms with Crippen LogP contribution in [0.5, 0.6) is 5.75 Å². The minimum absolute atomic E-state index is 0.302. The zero-order valence-corrected chi connectivity index (χ0v) is 16.9. The van der Waals surface area contributed by atoms with Crippen LogP contribution >= 0.6 is 0 Å². The molecule has 6 heteroatoms. The molecule has 0 radical (unpaired) electrons. The SMILES string of the molecule is C=CCOc1ccccc1CNC(=NC)N1CCC(OCC2CCCO2)CC1. The first kappa shape index (κ1) is 20.7. The van der Waals surface area contributed by atoms with Crippen molar-refractivity contribution in [2.75, 3.05) is 40.0 Å². The molecule has 1 atom stereocenters. The van der Waals surface area contributed by atoms with E-state index in [9.17, 15) is 0 Å². The second kappa shape index (κ2) is 11.1. The van der Waals surface area contributed by atoms with Crippen LogP contribution in [0, 0.1) is 0 Å². The summed E-state index contributed by atoms with van der Waals surface area (Å²) in [5, 5.41) is 3.47. The summed E-state index contributed by atoms with van der Waals surface area (Å²) in [5.41, 5.74) is 1.11. The molecule has 0 spiro atoms. The van der Waals surface area contributed by atoms with Gasteiger partial charge in [-0.15, -0.1) is 0 Å². The van der Waals surface area contributed by atoms with Crippen LogP contribution in [0.15, 0.2) is 41.9 Å². The number of piperidine rings is 1. The molecule has 1 N–H and O–H groups in total. The molecular weight excluding hydrogens is 354 g/mol. The number of para-hydroxylation sites is 1. The van der Waals surface area contributed by atoms with Gasteiger partial charge >= 0.3 is 0 Å². The van der Waals surface area contributed by atoms with E-state index in [1.165, 1.54) is 0 Å². The predicted octanol–water partition coefficient (Wildman–Crippen LogP) is 2.99. The highest BCUT2D eigenvalue weighted by Crippen LogP contribution is 2.19. The van der Waals surface area contributed by atoms with Crippen molar-refractivity contribution in [3.05, 3.63) is 42.5 Å². The van der Waals surface area contributed by atoms with Gasteiger partial charge in [0.2, 0.25) is 0 Å². The van der Waals surface area contributed by atoms with E-state index >= 15 is 0 Å². The number of likely N-dealkylation sites (tertiary alicyclic amines) is 1. The smallest absolute Gasteiger partial charge is 0.193 e. The Morgan fingerprint density at radius 1 is 1.32 bits per heavy atom. The van der Waals surface area contributed by atoms with Crippen molar-refractivity contribution in [2.45, 2.75) is 44.4 Å². The molecule has 1 unspecified atom stereocenters. The first-order chi connectivity index (χ1) is 13.8. The Labute approximate surface area is 168 Å². The average molecular weight is 388 g/mol. The predicted molar refractivity (Wildman–Crippen MR) is 112 cm³/mol. The van der Waals surface area contributed by atoms with E-state index in [-0.39, 0.29) is 0 Å². The van der Waals surface area contributed by atoms with Crippen molar-refractivity contribution in [3.63, 3.8) is 0 Å². The van der Waals surface area contributed by atoms with E-state index in [4.69, 9.17) is 14.2 Å². The van der Waals surface area contributed by atoms with Gasteiger partial charge in [0.1, 0.15) is 12.4 Å². The second-order valence-electron chi connectivity index (χ2n) is 7.26. The molecule has 2 saturated heterocycles. The Kier molecular flexibility index (Phi) is 8.18. The standard InChI is InChI=1S/C22H33N3O3/c1-3-14-27-21-9-5-4-7-18(21)16-24-22(23-2)25-12-10-19(11-13-25)28-17-20-8-6-15-26-20/h3-5,7,9,19-20H,1,6,8,10-17H2,2H3,(H,23,24). The lowest BCUT2D eigenvalue weighted by Crippen LogP contribution is -2.47.